The zero-order valence-corrected chi connectivity index (χ0v) is 17.6. The molecule has 1 amide bonds. The molecule has 6 heteroatoms. The number of halogens is 2. The molecule has 0 radical (unpaired) electrons. The Morgan fingerprint density at radius 3 is 2.71 bits per heavy atom. The maximum absolute atomic E-state index is 12.3. The summed E-state index contributed by atoms with van der Waals surface area (Å²) in [6.07, 6.45) is 5.80. The van der Waals surface area contributed by atoms with Gasteiger partial charge in [0.1, 0.15) is 24.0 Å². The number of rotatable bonds is 6. The highest BCUT2D eigenvalue weighted by molar-refractivity contribution is 9.10. The van der Waals surface area contributed by atoms with Gasteiger partial charge >= 0.3 is 0 Å². The average Bonchev–Trinajstić information content (AvgIpc) is 3.19. The molecule has 0 bridgehead atoms. The Morgan fingerprint density at radius 2 is 2.04 bits per heavy atom. The molecule has 0 heterocycles. The Bertz CT molecular complexity index is 930. The number of hydrogen-bond acceptors (Lipinski definition) is 3. The third kappa shape index (κ3) is 5.37. The third-order valence-corrected chi connectivity index (χ3v) is 5.65. The Balaban J connectivity index is 1.68. The molecule has 1 N–H and O–H groups in total. The Labute approximate surface area is 178 Å². The Kier molecular flexibility index (Phi) is 7.13. The van der Waals surface area contributed by atoms with E-state index in [1.807, 2.05) is 42.5 Å². The van der Waals surface area contributed by atoms with Crippen LogP contribution in [0.15, 0.2) is 52.5 Å². The first kappa shape index (κ1) is 20.4. The van der Waals surface area contributed by atoms with Crippen molar-refractivity contribution in [1.82, 2.24) is 5.32 Å². The van der Waals surface area contributed by atoms with E-state index in [4.69, 9.17) is 16.3 Å². The number of ether oxygens (including phenoxy) is 1. The number of hydrogen-bond donors (Lipinski definition) is 1. The molecule has 1 aliphatic carbocycles. The summed E-state index contributed by atoms with van der Waals surface area (Å²) >= 11 is 9.64. The second-order valence-electron chi connectivity index (χ2n) is 6.69. The van der Waals surface area contributed by atoms with Crippen LogP contribution >= 0.6 is 27.5 Å². The maximum atomic E-state index is 12.3. The molecular weight excluding hydrogens is 440 g/mol. The lowest BCUT2D eigenvalue weighted by atomic mass is 10.1. The van der Waals surface area contributed by atoms with Crippen molar-refractivity contribution in [3.8, 4) is 11.8 Å². The predicted octanol–water partition coefficient (Wildman–Crippen LogP) is 5.65. The van der Waals surface area contributed by atoms with Crippen LogP contribution in [0.3, 0.4) is 0 Å². The summed E-state index contributed by atoms with van der Waals surface area (Å²) in [4.78, 5) is 12.3. The minimum atomic E-state index is -0.315. The zero-order chi connectivity index (χ0) is 19.9. The standard InChI is InChI=1S/C22H20BrClN2O2/c23-19-12-15(11-17(13-25)22(27)26-18-6-2-3-7-18)9-10-21(19)28-14-16-5-1-4-8-20(16)24/h1,4-5,8-12,18H,2-3,6-7,14H2,(H,26,27)/b17-11-. The van der Waals surface area contributed by atoms with E-state index in [9.17, 15) is 10.1 Å². The van der Waals surface area contributed by atoms with Gasteiger partial charge in [-0.3, -0.25) is 4.79 Å². The minimum absolute atomic E-state index is 0.100. The van der Waals surface area contributed by atoms with Gasteiger partial charge in [-0.1, -0.05) is 48.7 Å². The number of amides is 1. The second kappa shape index (κ2) is 9.77. The molecule has 28 heavy (non-hydrogen) atoms. The summed E-state index contributed by atoms with van der Waals surface area (Å²) in [5, 5.41) is 13.0. The van der Waals surface area contributed by atoms with Crippen LogP contribution in [0.1, 0.15) is 36.8 Å². The van der Waals surface area contributed by atoms with E-state index >= 15 is 0 Å². The lowest BCUT2D eigenvalue weighted by molar-refractivity contribution is -0.117. The maximum Gasteiger partial charge on any atom is 0.262 e. The van der Waals surface area contributed by atoms with Crippen LogP contribution in [0.25, 0.3) is 6.08 Å². The van der Waals surface area contributed by atoms with E-state index < -0.39 is 0 Å². The lowest BCUT2D eigenvalue weighted by Crippen LogP contribution is -2.33. The monoisotopic (exact) mass is 458 g/mol. The molecule has 3 rings (SSSR count). The highest BCUT2D eigenvalue weighted by atomic mass is 79.9. The number of carbonyl (C=O) groups excluding carboxylic acids is 1. The fraction of sp³-hybridized carbons (Fsp3) is 0.273. The number of nitriles is 1. The van der Waals surface area contributed by atoms with Crippen molar-refractivity contribution < 1.29 is 9.53 Å². The van der Waals surface area contributed by atoms with E-state index in [0.717, 1.165) is 41.3 Å². The van der Waals surface area contributed by atoms with Gasteiger partial charge in [-0.15, -0.1) is 0 Å². The lowest BCUT2D eigenvalue weighted by Gasteiger charge is -2.11. The van der Waals surface area contributed by atoms with Gasteiger partial charge in [0, 0.05) is 16.6 Å². The van der Waals surface area contributed by atoms with Crippen LogP contribution in [-0.2, 0) is 11.4 Å². The van der Waals surface area contributed by atoms with Crippen molar-refractivity contribution in [3.63, 3.8) is 0 Å². The van der Waals surface area contributed by atoms with Gasteiger partial charge in [-0.05, 0) is 58.6 Å². The molecule has 0 aromatic heterocycles. The van der Waals surface area contributed by atoms with Gasteiger partial charge in [0.05, 0.1) is 4.47 Å². The van der Waals surface area contributed by atoms with E-state index in [-0.39, 0.29) is 17.5 Å². The van der Waals surface area contributed by atoms with Crippen LogP contribution in [0.4, 0.5) is 0 Å². The molecule has 4 nitrogen and oxygen atoms in total. The van der Waals surface area contributed by atoms with Gasteiger partial charge < -0.3 is 10.1 Å². The summed E-state index contributed by atoms with van der Waals surface area (Å²) in [7, 11) is 0. The fourth-order valence-corrected chi connectivity index (χ4v) is 3.84. The van der Waals surface area contributed by atoms with Crippen LogP contribution in [0.5, 0.6) is 5.75 Å². The summed E-state index contributed by atoms with van der Waals surface area (Å²) in [6.45, 7) is 0.348. The minimum Gasteiger partial charge on any atom is -0.488 e. The molecule has 0 unspecified atom stereocenters. The van der Waals surface area contributed by atoms with Crippen molar-refractivity contribution in [3.05, 3.63) is 68.7 Å². The van der Waals surface area contributed by atoms with Crippen LogP contribution in [0.2, 0.25) is 5.02 Å². The molecule has 0 atom stereocenters. The fourth-order valence-electron chi connectivity index (χ4n) is 3.14. The summed E-state index contributed by atoms with van der Waals surface area (Å²) in [5.74, 6) is 0.343. The van der Waals surface area contributed by atoms with Crippen molar-refractivity contribution >= 4 is 39.5 Å². The molecule has 1 saturated carbocycles. The number of benzene rings is 2. The summed E-state index contributed by atoms with van der Waals surface area (Å²) in [5.41, 5.74) is 1.74. The highest BCUT2D eigenvalue weighted by Crippen LogP contribution is 2.28. The number of nitrogens with zero attached hydrogens (tertiary/aromatic N) is 1. The van der Waals surface area contributed by atoms with E-state index in [1.54, 1.807) is 12.1 Å². The molecule has 2 aromatic carbocycles. The van der Waals surface area contributed by atoms with Gasteiger partial charge in [0.2, 0.25) is 0 Å². The van der Waals surface area contributed by atoms with Gasteiger partial charge in [-0.2, -0.15) is 5.26 Å². The van der Waals surface area contributed by atoms with Crippen LogP contribution in [0, 0.1) is 11.3 Å². The SMILES string of the molecule is N#C/C(=C/c1ccc(OCc2ccccc2Cl)c(Br)c1)C(=O)NC1CCCC1. The highest BCUT2D eigenvalue weighted by Gasteiger charge is 2.19. The zero-order valence-electron chi connectivity index (χ0n) is 15.3. The normalized spacial score (nSPS) is 14.5. The largest absolute Gasteiger partial charge is 0.488 e. The first-order valence-electron chi connectivity index (χ1n) is 9.15. The summed E-state index contributed by atoms with van der Waals surface area (Å²) in [6, 6.07) is 15.1. The van der Waals surface area contributed by atoms with Gasteiger partial charge in [-0.25, -0.2) is 0 Å². The summed E-state index contributed by atoms with van der Waals surface area (Å²) < 4.78 is 6.57. The van der Waals surface area contributed by atoms with Crippen molar-refractivity contribution in [2.24, 2.45) is 0 Å². The van der Waals surface area contributed by atoms with E-state index in [2.05, 4.69) is 21.2 Å². The second-order valence-corrected chi connectivity index (χ2v) is 7.96. The van der Waals surface area contributed by atoms with Crippen LogP contribution in [-0.4, -0.2) is 11.9 Å². The van der Waals surface area contributed by atoms with E-state index in [0.29, 0.717) is 17.4 Å². The van der Waals surface area contributed by atoms with Gasteiger partial charge in [0.25, 0.3) is 5.91 Å². The van der Waals surface area contributed by atoms with Crippen molar-refractivity contribution in [2.75, 3.05) is 0 Å². The Hall–Kier alpha value is -2.29. The van der Waals surface area contributed by atoms with E-state index in [1.165, 1.54) is 0 Å². The number of nitrogens with one attached hydrogen (secondary N) is 1. The Morgan fingerprint density at radius 1 is 1.29 bits per heavy atom. The first-order valence-corrected chi connectivity index (χ1v) is 10.3. The molecule has 0 saturated heterocycles. The number of carbonyl (C=O) groups is 1. The molecule has 0 spiro atoms. The molecular formula is C22H20BrClN2O2. The molecule has 0 aliphatic heterocycles. The third-order valence-electron chi connectivity index (χ3n) is 4.66. The van der Waals surface area contributed by atoms with Crippen molar-refractivity contribution in [1.29, 1.82) is 5.26 Å². The van der Waals surface area contributed by atoms with Crippen LogP contribution < -0.4 is 10.1 Å². The smallest absolute Gasteiger partial charge is 0.262 e. The first-order chi connectivity index (χ1) is 13.6. The molecule has 1 fully saturated rings. The van der Waals surface area contributed by atoms with Gasteiger partial charge in [0.15, 0.2) is 0 Å². The molecule has 144 valence electrons. The predicted molar refractivity (Wildman–Crippen MR) is 114 cm³/mol. The topological polar surface area (TPSA) is 62.1 Å². The molecule has 2 aromatic rings. The van der Waals surface area contributed by atoms with Crippen molar-refractivity contribution in [2.45, 2.75) is 38.3 Å². The quantitative estimate of drug-likeness (QED) is 0.449. The average molecular weight is 460 g/mol. The molecule has 1 aliphatic rings.